The number of anilines is 2. The van der Waals surface area contributed by atoms with Crippen molar-refractivity contribution in [1.82, 2.24) is 20.5 Å². The minimum absolute atomic E-state index is 0.0126. The molecule has 0 bridgehead atoms. The molecule has 2 N–H and O–H groups in total. The van der Waals surface area contributed by atoms with E-state index in [4.69, 9.17) is 0 Å². The molecular formula is C22H24N6O2S. The highest BCUT2D eigenvalue weighted by atomic mass is 32.1. The molecule has 4 rings (SSSR count). The number of nitrogens with one attached hydrogen (secondary N) is 2. The molecule has 31 heavy (non-hydrogen) atoms. The van der Waals surface area contributed by atoms with Crippen LogP contribution in [0.15, 0.2) is 48.1 Å². The maximum absolute atomic E-state index is 12.5. The summed E-state index contributed by atoms with van der Waals surface area (Å²) < 4.78 is 0. The second kappa shape index (κ2) is 9.65. The lowest BCUT2D eigenvalue weighted by Crippen LogP contribution is -2.40. The van der Waals surface area contributed by atoms with Gasteiger partial charge in [-0.05, 0) is 37.5 Å². The van der Waals surface area contributed by atoms with Crippen molar-refractivity contribution >= 4 is 34.1 Å². The van der Waals surface area contributed by atoms with Gasteiger partial charge in [0.2, 0.25) is 11.0 Å². The maximum atomic E-state index is 12.5. The number of hydrogen-bond donors (Lipinski definition) is 2. The lowest BCUT2D eigenvalue weighted by molar-refractivity contribution is -0.125. The van der Waals surface area contributed by atoms with Crippen LogP contribution in [0.3, 0.4) is 0 Å². The Kier molecular flexibility index (Phi) is 6.51. The van der Waals surface area contributed by atoms with E-state index in [1.807, 2.05) is 25.1 Å². The van der Waals surface area contributed by atoms with Crippen LogP contribution in [0.2, 0.25) is 0 Å². The van der Waals surface area contributed by atoms with Gasteiger partial charge in [0.25, 0.3) is 5.91 Å². The maximum Gasteiger partial charge on any atom is 0.259 e. The summed E-state index contributed by atoms with van der Waals surface area (Å²) in [5.41, 5.74) is 4.34. The van der Waals surface area contributed by atoms with Crippen LogP contribution in [0.1, 0.15) is 34.3 Å². The van der Waals surface area contributed by atoms with Crippen LogP contribution in [-0.4, -0.2) is 40.1 Å². The number of aryl methyl sites for hydroxylation is 1. The zero-order chi connectivity index (χ0) is 21.6. The fourth-order valence-corrected chi connectivity index (χ4v) is 3.95. The van der Waals surface area contributed by atoms with E-state index in [0.29, 0.717) is 17.2 Å². The smallest absolute Gasteiger partial charge is 0.259 e. The third-order valence-electron chi connectivity index (χ3n) is 5.37. The van der Waals surface area contributed by atoms with Crippen molar-refractivity contribution < 1.29 is 9.59 Å². The zero-order valence-electron chi connectivity index (χ0n) is 17.2. The van der Waals surface area contributed by atoms with E-state index in [2.05, 4.69) is 42.8 Å². The van der Waals surface area contributed by atoms with Crippen LogP contribution in [0, 0.1) is 12.8 Å². The summed E-state index contributed by atoms with van der Waals surface area (Å²) in [5.74, 6) is 0.668. The van der Waals surface area contributed by atoms with E-state index < -0.39 is 0 Å². The molecule has 3 aromatic rings. The van der Waals surface area contributed by atoms with E-state index in [0.717, 1.165) is 37.3 Å². The van der Waals surface area contributed by atoms with Crippen LogP contribution < -0.4 is 15.5 Å². The first-order valence-corrected chi connectivity index (χ1v) is 11.1. The number of nitrogens with zero attached hydrogens (tertiary/aromatic N) is 4. The molecule has 0 aliphatic carbocycles. The van der Waals surface area contributed by atoms with Gasteiger partial charge in [0.15, 0.2) is 0 Å². The molecule has 2 amide bonds. The van der Waals surface area contributed by atoms with Crippen LogP contribution >= 0.6 is 11.3 Å². The summed E-state index contributed by atoms with van der Waals surface area (Å²) in [4.78, 5) is 31.3. The van der Waals surface area contributed by atoms with Crippen molar-refractivity contribution in [1.29, 1.82) is 0 Å². The fourth-order valence-electron chi connectivity index (χ4n) is 3.51. The third-order valence-corrected chi connectivity index (χ3v) is 5.97. The van der Waals surface area contributed by atoms with Gasteiger partial charge >= 0.3 is 0 Å². The first-order chi connectivity index (χ1) is 15.1. The SMILES string of the molecule is Cc1ccc(CNC(=O)C2CCN(c3ccc(C(=O)Nc4nncs4)cn3)CC2)cc1. The van der Waals surface area contributed by atoms with Gasteiger partial charge in [-0.1, -0.05) is 41.2 Å². The second-order valence-corrected chi connectivity index (χ2v) is 8.40. The molecule has 1 aliphatic rings. The Hall–Kier alpha value is -3.33. The first kappa shape index (κ1) is 20.9. The average Bonchev–Trinajstić information content (AvgIpc) is 3.32. The van der Waals surface area contributed by atoms with Crippen LogP contribution in [-0.2, 0) is 11.3 Å². The summed E-state index contributed by atoms with van der Waals surface area (Å²) in [6.07, 6.45) is 3.12. The molecule has 0 radical (unpaired) electrons. The Morgan fingerprint density at radius 2 is 1.90 bits per heavy atom. The molecule has 1 aliphatic heterocycles. The molecule has 1 saturated heterocycles. The minimum Gasteiger partial charge on any atom is -0.357 e. The molecule has 2 aromatic heterocycles. The standard InChI is InChI=1S/C22H24N6O2S/c1-15-2-4-16(5-3-15)12-24-20(29)17-8-10-28(11-9-17)19-7-6-18(13-23-19)21(30)26-22-27-25-14-31-22/h2-7,13-14,17H,8-12H2,1H3,(H,24,29)(H,26,27,30). The van der Waals surface area contributed by atoms with Gasteiger partial charge < -0.3 is 10.2 Å². The Morgan fingerprint density at radius 1 is 1.13 bits per heavy atom. The Morgan fingerprint density at radius 3 is 2.55 bits per heavy atom. The van der Waals surface area contributed by atoms with Crippen molar-refractivity contribution in [3.63, 3.8) is 0 Å². The van der Waals surface area contributed by atoms with Gasteiger partial charge in [-0.15, -0.1) is 10.2 Å². The number of rotatable bonds is 6. The Labute approximate surface area is 184 Å². The van der Waals surface area contributed by atoms with Gasteiger partial charge in [0.05, 0.1) is 5.56 Å². The van der Waals surface area contributed by atoms with Crippen LogP contribution in [0.5, 0.6) is 0 Å². The molecular weight excluding hydrogens is 412 g/mol. The van der Waals surface area contributed by atoms with Gasteiger partial charge in [-0.3, -0.25) is 14.9 Å². The quantitative estimate of drug-likeness (QED) is 0.616. The zero-order valence-corrected chi connectivity index (χ0v) is 18.1. The summed E-state index contributed by atoms with van der Waals surface area (Å²) >= 11 is 1.26. The lowest BCUT2D eigenvalue weighted by Gasteiger charge is -2.32. The molecule has 160 valence electrons. The number of aromatic nitrogens is 3. The number of hydrogen-bond acceptors (Lipinski definition) is 7. The average molecular weight is 437 g/mol. The predicted molar refractivity (Wildman–Crippen MR) is 120 cm³/mol. The molecule has 1 fully saturated rings. The Balaban J connectivity index is 1.25. The number of carbonyl (C=O) groups excluding carboxylic acids is 2. The van der Waals surface area contributed by atoms with Gasteiger partial charge in [0, 0.05) is 31.7 Å². The van der Waals surface area contributed by atoms with Crippen molar-refractivity contribution in [2.75, 3.05) is 23.3 Å². The van der Waals surface area contributed by atoms with Gasteiger partial charge in [-0.2, -0.15) is 0 Å². The molecule has 0 spiro atoms. The molecule has 1 aromatic carbocycles. The summed E-state index contributed by atoms with van der Waals surface area (Å²) in [6.45, 7) is 4.12. The fraction of sp³-hybridized carbons (Fsp3) is 0.318. The summed E-state index contributed by atoms with van der Waals surface area (Å²) in [5, 5.41) is 13.7. The molecule has 0 saturated carbocycles. The van der Waals surface area contributed by atoms with Crippen molar-refractivity contribution in [2.24, 2.45) is 5.92 Å². The molecule has 0 atom stereocenters. The number of carbonyl (C=O) groups is 2. The van der Waals surface area contributed by atoms with E-state index in [-0.39, 0.29) is 17.7 Å². The highest BCUT2D eigenvalue weighted by molar-refractivity contribution is 7.13. The monoisotopic (exact) mass is 436 g/mol. The highest BCUT2D eigenvalue weighted by Crippen LogP contribution is 2.22. The van der Waals surface area contributed by atoms with Crippen LogP contribution in [0.4, 0.5) is 10.9 Å². The molecule has 8 nitrogen and oxygen atoms in total. The Bertz CT molecular complexity index is 1010. The highest BCUT2D eigenvalue weighted by Gasteiger charge is 2.25. The number of piperidine rings is 1. The van der Waals surface area contributed by atoms with Crippen molar-refractivity contribution in [3.8, 4) is 0 Å². The number of benzene rings is 1. The molecule has 3 heterocycles. The van der Waals surface area contributed by atoms with Crippen LogP contribution in [0.25, 0.3) is 0 Å². The minimum atomic E-state index is -0.264. The normalized spacial score (nSPS) is 14.3. The van der Waals surface area contributed by atoms with E-state index in [1.165, 1.54) is 16.9 Å². The van der Waals surface area contributed by atoms with Crippen molar-refractivity contribution in [2.45, 2.75) is 26.3 Å². The molecule has 9 heteroatoms. The second-order valence-electron chi connectivity index (χ2n) is 7.57. The van der Waals surface area contributed by atoms with Gasteiger partial charge in [0.1, 0.15) is 11.3 Å². The van der Waals surface area contributed by atoms with Crippen molar-refractivity contribution in [3.05, 3.63) is 64.8 Å². The van der Waals surface area contributed by atoms with E-state index in [1.54, 1.807) is 17.8 Å². The first-order valence-electron chi connectivity index (χ1n) is 10.2. The van der Waals surface area contributed by atoms with Gasteiger partial charge in [-0.25, -0.2) is 4.98 Å². The predicted octanol–water partition coefficient (Wildman–Crippen LogP) is 3.03. The largest absolute Gasteiger partial charge is 0.357 e. The van der Waals surface area contributed by atoms with E-state index >= 15 is 0 Å². The summed E-state index contributed by atoms with van der Waals surface area (Å²) in [7, 11) is 0. The number of amides is 2. The number of pyridine rings is 1. The molecule has 0 unspecified atom stereocenters. The third kappa shape index (κ3) is 5.43. The topological polar surface area (TPSA) is 100 Å². The van der Waals surface area contributed by atoms with E-state index in [9.17, 15) is 9.59 Å². The lowest BCUT2D eigenvalue weighted by atomic mass is 9.95. The summed E-state index contributed by atoms with van der Waals surface area (Å²) in [6, 6.07) is 11.8.